The van der Waals surface area contributed by atoms with Gasteiger partial charge in [0, 0.05) is 19.3 Å². The van der Waals surface area contributed by atoms with Crippen LogP contribution in [0.25, 0.3) is 0 Å². The third-order valence-electron chi connectivity index (χ3n) is 4.70. The number of nitrogens with zero attached hydrogens (tertiary/aromatic N) is 3. The highest BCUT2D eigenvalue weighted by molar-refractivity contribution is 5.93. The molecule has 25 heavy (non-hydrogen) atoms. The van der Waals surface area contributed by atoms with Gasteiger partial charge in [-0.05, 0) is 30.7 Å². The van der Waals surface area contributed by atoms with Gasteiger partial charge >= 0.3 is 5.97 Å². The maximum absolute atomic E-state index is 12.6. The van der Waals surface area contributed by atoms with E-state index in [1.165, 1.54) is 16.4 Å². The molecule has 0 unspecified atom stereocenters. The molecule has 1 N–H and O–H groups in total. The molecule has 1 aromatic heterocycles. The van der Waals surface area contributed by atoms with Crippen molar-refractivity contribution in [2.24, 2.45) is 5.92 Å². The van der Waals surface area contributed by atoms with Crippen LogP contribution < -0.4 is 0 Å². The van der Waals surface area contributed by atoms with E-state index in [9.17, 15) is 9.59 Å². The predicted octanol–water partition coefficient (Wildman–Crippen LogP) is 2.45. The lowest BCUT2D eigenvalue weighted by Gasteiger charge is -2.31. The fraction of sp³-hybridized carbons (Fsp3) is 0.421. The Labute approximate surface area is 147 Å². The molecule has 1 amide bonds. The van der Waals surface area contributed by atoms with Crippen molar-refractivity contribution in [1.82, 2.24) is 14.7 Å². The van der Waals surface area contributed by atoms with E-state index in [0.29, 0.717) is 11.5 Å². The number of aryl methyl sites for hydroxylation is 1. The largest absolute Gasteiger partial charge is 0.481 e. The molecule has 1 fully saturated rings. The van der Waals surface area contributed by atoms with Crippen LogP contribution in [0.3, 0.4) is 0 Å². The number of aromatic nitrogens is 2. The maximum Gasteiger partial charge on any atom is 0.305 e. The summed E-state index contributed by atoms with van der Waals surface area (Å²) in [4.78, 5) is 25.1. The molecule has 2 heterocycles. The van der Waals surface area contributed by atoms with Crippen LogP contribution in [0.15, 0.2) is 42.7 Å². The zero-order valence-electron chi connectivity index (χ0n) is 14.2. The van der Waals surface area contributed by atoms with E-state index in [1.54, 1.807) is 6.20 Å². The Morgan fingerprint density at radius 2 is 1.88 bits per heavy atom. The number of amides is 1. The van der Waals surface area contributed by atoms with Gasteiger partial charge in [-0.15, -0.1) is 0 Å². The smallest absolute Gasteiger partial charge is 0.305 e. The third kappa shape index (κ3) is 4.68. The molecule has 0 bridgehead atoms. The van der Waals surface area contributed by atoms with Crippen molar-refractivity contribution in [3.63, 3.8) is 0 Å². The minimum Gasteiger partial charge on any atom is -0.481 e. The van der Waals surface area contributed by atoms with Crippen molar-refractivity contribution >= 4 is 11.9 Å². The lowest BCUT2D eigenvalue weighted by molar-refractivity contribution is -0.137. The summed E-state index contributed by atoms with van der Waals surface area (Å²) in [7, 11) is 0. The first-order valence-corrected chi connectivity index (χ1v) is 8.69. The Hall–Kier alpha value is -2.63. The minimum absolute atomic E-state index is 0.000189. The highest BCUT2D eigenvalue weighted by Gasteiger charge is 2.24. The van der Waals surface area contributed by atoms with Crippen molar-refractivity contribution < 1.29 is 14.7 Å². The topological polar surface area (TPSA) is 75.4 Å². The fourth-order valence-electron chi connectivity index (χ4n) is 3.28. The van der Waals surface area contributed by atoms with Crippen LogP contribution in [0.1, 0.15) is 35.2 Å². The van der Waals surface area contributed by atoms with Crippen molar-refractivity contribution in [1.29, 1.82) is 0 Å². The number of piperidine rings is 1. The number of hydrogen-bond acceptors (Lipinski definition) is 3. The summed E-state index contributed by atoms with van der Waals surface area (Å²) in [5, 5.41) is 12.8. The molecule has 3 rings (SSSR count). The summed E-state index contributed by atoms with van der Waals surface area (Å²) in [6.07, 6.45) is 6.25. The van der Waals surface area contributed by atoms with Gasteiger partial charge in [-0.3, -0.25) is 14.3 Å². The number of carbonyl (C=O) groups excluding carboxylic acids is 1. The molecule has 6 heteroatoms. The van der Waals surface area contributed by atoms with E-state index in [1.807, 2.05) is 11.0 Å². The van der Waals surface area contributed by atoms with Gasteiger partial charge in [0.25, 0.3) is 5.91 Å². The highest BCUT2D eigenvalue weighted by atomic mass is 16.4. The molecule has 0 aliphatic carbocycles. The highest BCUT2D eigenvalue weighted by Crippen LogP contribution is 2.22. The van der Waals surface area contributed by atoms with Crippen LogP contribution in [0.5, 0.6) is 0 Å². The Bertz CT molecular complexity index is 719. The first-order chi connectivity index (χ1) is 12.1. The second-order valence-electron chi connectivity index (χ2n) is 6.56. The van der Waals surface area contributed by atoms with Gasteiger partial charge in [0.05, 0.1) is 24.7 Å². The molecule has 2 aromatic rings. The first kappa shape index (κ1) is 17.2. The molecule has 0 atom stereocenters. The summed E-state index contributed by atoms with van der Waals surface area (Å²) < 4.78 is 1.52. The van der Waals surface area contributed by atoms with E-state index in [0.717, 1.165) is 32.4 Å². The van der Waals surface area contributed by atoms with Gasteiger partial charge in [-0.2, -0.15) is 5.10 Å². The monoisotopic (exact) mass is 341 g/mol. The van der Waals surface area contributed by atoms with Gasteiger partial charge in [-0.1, -0.05) is 30.3 Å². The molecule has 1 aromatic carbocycles. The lowest BCUT2D eigenvalue weighted by Crippen LogP contribution is -2.38. The predicted molar refractivity (Wildman–Crippen MR) is 93.3 cm³/mol. The quantitative estimate of drug-likeness (QED) is 0.876. The summed E-state index contributed by atoms with van der Waals surface area (Å²) in [5.74, 6) is -0.270. The Morgan fingerprint density at radius 1 is 1.16 bits per heavy atom. The zero-order chi connectivity index (χ0) is 17.6. The van der Waals surface area contributed by atoms with Crippen LogP contribution in [-0.2, 0) is 17.8 Å². The molecular weight excluding hydrogens is 318 g/mol. The summed E-state index contributed by atoms with van der Waals surface area (Å²) in [5.41, 5.74) is 1.89. The second-order valence-corrected chi connectivity index (χ2v) is 6.56. The molecule has 1 aliphatic rings. The Balaban J connectivity index is 1.50. The third-order valence-corrected chi connectivity index (χ3v) is 4.70. The number of likely N-dealkylation sites (tertiary alicyclic amines) is 1. The molecule has 1 saturated heterocycles. The molecule has 0 radical (unpaired) electrons. The standard InChI is InChI=1S/C19H23N3O3/c23-18(24)8-11-22-14-17(13-20-22)19(25)21-9-6-16(7-10-21)12-15-4-2-1-3-5-15/h1-5,13-14,16H,6-12H2,(H,23,24). The minimum atomic E-state index is -0.871. The summed E-state index contributed by atoms with van der Waals surface area (Å²) >= 11 is 0. The van der Waals surface area contributed by atoms with Gasteiger partial charge in [-0.25, -0.2) is 0 Å². The molecule has 0 spiro atoms. The average molecular weight is 341 g/mol. The normalized spacial score (nSPS) is 15.3. The van der Waals surface area contributed by atoms with Crippen molar-refractivity contribution in [3.05, 3.63) is 53.9 Å². The summed E-state index contributed by atoms with van der Waals surface area (Å²) in [6, 6.07) is 10.5. The summed E-state index contributed by atoms with van der Waals surface area (Å²) in [6.45, 7) is 1.80. The number of hydrogen-bond donors (Lipinski definition) is 1. The molecule has 0 saturated carbocycles. The van der Waals surface area contributed by atoms with E-state index >= 15 is 0 Å². The fourth-order valence-corrected chi connectivity index (χ4v) is 3.28. The lowest BCUT2D eigenvalue weighted by atomic mass is 9.90. The number of rotatable bonds is 6. The van der Waals surface area contributed by atoms with Gasteiger partial charge in [0.15, 0.2) is 0 Å². The molecular formula is C19H23N3O3. The Morgan fingerprint density at radius 3 is 2.56 bits per heavy atom. The second kappa shape index (κ2) is 7.96. The number of carbonyl (C=O) groups is 2. The average Bonchev–Trinajstić information content (AvgIpc) is 3.10. The van der Waals surface area contributed by atoms with E-state index in [-0.39, 0.29) is 18.9 Å². The van der Waals surface area contributed by atoms with Crippen LogP contribution in [0.2, 0.25) is 0 Å². The number of carboxylic acids is 1. The molecule has 6 nitrogen and oxygen atoms in total. The number of aliphatic carboxylic acids is 1. The van der Waals surface area contributed by atoms with E-state index in [2.05, 4.69) is 29.4 Å². The van der Waals surface area contributed by atoms with E-state index in [4.69, 9.17) is 5.11 Å². The van der Waals surface area contributed by atoms with Gasteiger partial charge in [0.2, 0.25) is 0 Å². The van der Waals surface area contributed by atoms with Crippen molar-refractivity contribution in [3.8, 4) is 0 Å². The van der Waals surface area contributed by atoms with E-state index < -0.39 is 5.97 Å². The van der Waals surface area contributed by atoms with Gasteiger partial charge < -0.3 is 10.0 Å². The first-order valence-electron chi connectivity index (χ1n) is 8.69. The zero-order valence-corrected chi connectivity index (χ0v) is 14.2. The van der Waals surface area contributed by atoms with Crippen LogP contribution in [0, 0.1) is 5.92 Å². The molecule has 1 aliphatic heterocycles. The van der Waals surface area contributed by atoms with Crippen LogP contribution in [-0.4, -0.2) is 44.8 Å². The van der Waals surface area contributed by atoms with Crippen molar-refractivity contribution in [2.45, 2.75) is 32.2 Å². The van der Waals surface area contributed by atoms with Gasteiger partial charge in [0.1, 0.15) is 0 Å². The Kier molecular flexibility index (Phi) is 5.48. The SMILES string of the molecule is O=C(O)CCn1cc(C(=O)N2CCC(Cc3ccccc3)CC2)cn1. The number of carboxylic acid groups (broad SMARTS) is 1. The van der Waals surface area contributed by atoms with Crippen LogP contribution in [0.4, 0.5) is 0 Å². The van der Waals surface area contributed by atoms with Crippen LogP contribution >= 0.6 is 0 Å². The maximum atomic E-state index is 12.6. The van der Waals surface area contributed by atoms with Crippen molar-refractivity contribution in [2.75, 3.05) is 13.1 Å². The molecule has 132 valence electrons. The number of benzene rings is 1.